The Bertz CT molecular complexity index is 520. The van der Waals surface area contributed by atoms with E-state index in [4.69, 9.17) is 15.6 Å². The molecule has 5 heteroatoms. The van der Waals surface area contributed by atoms with Crippen molar-refractivity contribution in [3.63, 3.8) is 0 Å². The van der Waals surface area contributed by atoms with Gasteiger partial charge in [-0.25, -0.2) is 0 Å². The number of hydrogen-bond acceptors (Lipinski definition) is 4. The molecule has 2 unspecified atom stereocenters. The van der Waals surface area contributed by atoms with Crippen LogP contribution in [0.25, 0.3) is 0 Å². The van der Waals surface area contributed by atoms with E-state index in [-0.39, 0.29) is 18.8 Å². The van der Waals surface area contributed by atoms with Crippen molar-refractivity contribution in [2.24, 2.45) is 12.8 Å². The SMILES string of the molecule is CC(N)C(Oc1ccc(CO)cc1)c1cnn(C)c1. The minimum absolute atomic E-state index is 0.0274. The van der Waals surface area contributed by atoms with Gasteiger partial charge in [-0.05, 0) is 24.6 Å². The normalized spacial score (nSPS) is 14.1. The number of nitrogens with two attached hydrogens (primary N) is 1. The Kier molecular flexibility index (Phi) is 4.19. The molecule has 0 saturated carbocycles. The fourth-order valence-electron chi connectivity index (χ4n) is 1.89. The highest BCUT2D eigenvalue weighted by molar-refractivity contribution is 5.28. The summed E-state index contributed by atoms with van der Waals surface area (Å²) >= 11 is 0. The second-order valence-electron chi connectivity index (χ2n) is 4.65. The van der Waals surface area contributed by atoms with Gasteiger partial charge in [-0.3, -0.25) is 4.68 Å². The molecule has 5 nitrogen and oxygen atoms in total. The third-order valence-corrected chi connectivity index (χ3v) is 2.90. The van der Waals surface area contributed by atoms with Crippen molar-refractivity contribution in [3.8, 4) is 5.75 Å². The molecule has 0 bridgehead atoms. The molecule has 19 heavy (non-hydrogen) atoms. The summed E-state index contributed by atoms with van der Waals surface area (Å²) in [4.78, 5) is 0. The third kappa shape index (κ3) is 3.33. The van der Waals surface area contributed by atoms with Crippen molar-refractivity contribution in [2.45, 2.75) is 25.7 Å². The van der Waals surface area contributed by atoms with E-state index < -0.39 is 0 Å². The number of aryl methyl sites for hydroxylation is 1. The molecule has 2 aromatic rings. The molecule has 0 saturated heterocycles. The number of benzene rings is 1. The Morgan fingerprint density at radius 1 is 1.37 bits per heavy atom. The highest BCUT2D eigenvalue weighted by atomic mass is 16.5. The molecule has 0 aliphatic heterocycles. The maximum absolute atomic E-state index is 9.01. The number of aliphatic hydroxyl groups excluding tert-OH is 1. The lowest BCUT2D eigenvalue weighted by molar-refractivity contribution is 0.180. The molecule has 0 amide bonds. The van der Waals surface area contributed by atoms with E-state index in [1.165, 1.54) is 0 Å². The van der Waals surface area contributed by atoms with Gasteiger partial charge < -0.3 is 15.6 Å². The maximum atomic E-state index is 9.01. The van der Waals surface area contributed by atoms with Crippen LogP contribution in [0.5, 0.6) is 5.75 Å². The van der Waals surface area contributed by atoms with Crippen LogP contribution in [-0.4, -0.2) is 20.9 Å². The maximum Gasteiger partial charge on any atom is 0.141 e. The zero-order chi connectivity index (χ0) is 13.8. The lowest BCUT2D eigenvalue weighted by Gasteiger charge is -2.21. The summed E-state index contributed by atoms with van der Waals surface area (Å²) in [5.41, 5.74) is 7.78. The Hall–Kier alpha value is -1.85. The summed E-state index contributed by atoms with van der Waals surface area (Å²) in [5, 5.41) is 13.1. The first-order valence-corrected chi connectivity index (χ1v) is 6.20. The van der Waals surface area contributed by atoms with E-state index in [1.807, 2.05) is 44.4 Å². The molecular formula is C14H19N3O2. The molecule has 0 aliphatic rings. The van der Waals surface area contributed by atoms with Crippen molar-refractivity contribution in [1.29, 1.82) is 0 Å². The molecule has 2 atom stereocenters. The zero-order valence-corrected chi connectivity index (χ0v) is 11.2. The van der Waals surface area contributed by atoms with E-state index in [2.05, 4.69) is 5.10 Å². The van der Waals surface area contributed by atoms with Crippen molar-refractivity contribution in [3.05, 3.63) is 47.8 Å². The molecule has 0 aliphatic carbocycles. The van der Waals surface area contributed by atoms with Gasteiger partial charge in [-0.2, -0.15) is 5.10 Å². The Morgan fingerprint density at radius 2 is 2.05 bits per heavy atom. The van der Waals surface area contributed by atoms with Crippen LogP contribution in [0.3, 0.4) is 0 Å². The van der Waals surface area contributed by atoms with Crippen LogP contribution in [-0.2, 0) is 13.7 Å². The molecular weight excluding hydrogens is 242 g/mol. The van der Waals surface area contributed by atoms with E-state index in [9.17, 15) is 0 Å². The first kappa shape index (κ1) is 13.6. The highest BCUT2D eigenvalue weighted by Gasteiger charge is 2.19. The quantitative estimate of drug-likeness (QED) is 0.852. The number of ether oxygens (including phenoxy) is 1. The molecule has 0 spiro atoms. The Morgan fingerprint density at radius 3 is 2.53 bits per heavy atom. The van der Waals surface area contributed by atoms with E-state index >= 15 is 0 Å². The summed E-state index contributed by atoms with van der Waals surface area (Å²) < 4.78 is 7.64. The first-order chi connectivity index (χ1) is 9.10. The standard InChI is InChI=1S/C14H19N3O2/c1-10(15)14(12-7-16-17(2)8-12)19-13-5-3-11(9-18)4-6-13/h3-8,10,14,18H,9,15H2,1-2H3. The van der Waals surface area contributed by atoms with Crippen LogP contribution in [0.4, 0.5) is 0 Å². The minimum atomic E-state index is -0.242. The van der Waals surface area contributed by atoms with E-state index in [0.29, 0.717) is 0 Å². The van der Waals surface area contributed by atoms with Gasteiger partial charge in [0, 0.05) is 24.8 Å². The minimum Gasteiger partial charge on any atom is -0.484 e. The molecule has 1 aromatic heterocycles. The van der Waals surface area contributed by atoms with Gasteiger partial charge in [0.2, 0.25) is 0 Å². The van der Waals surface area contributed by atoms with Crippen molar-refractivity contribution in [1.82, 2.24) is 9.78 Å². The average Bonchev–Trinajstić information content (AvgIpc) is 2.82. The van der Waals surface area contributed by atoms with Gasteiger partial charge in [-0.15, -0.1) is 0 Å². The fourth-order valence-corrected chi connectivity index (χ4v) is 1.89. The number of aliphatic hydroxyl groups is 1. The van der Waals surface area contributed by atoms with E-state index in [0.717, 1.165) is 16.9 Å². The van der Waals surface area contributed by atoms with Crippen LogP contribution < -0.4 is 10.5 Å². The van der Waals surface area contributed by atoms with Crippen LogP contribution in [0.2, 0.25) is 0 Å². The Labute approximate surface area is 112 Å². The van der Waals surface area contributed by atoms with Crippen LogP contribution in [0.1, 0.15) is 24.2 Å². The van der Waals surface area contributed by atoms with Crippen LogP contribution in [0.15, 0.2) is 36.7 Å². The number of aromatic nitrogens is 2. The number of hydrogen-bond donors (Lipinski definition) is 2. The van der Waals surface area contributed by atoms with Crippen molar-refractivity contribution >= 4 is 0 Å². The predicted octanol–water partition coefficient (Wildman–Crippen LogP) is 1.38. The van der Waals surface area contributed by atoms with Gasteiger partial charge in [0.15, 0.2) is 0 Å². The first-order valence-electron chi connectivity index (χ1n) is 6.20. The van der Waals surface area contributed by atoms with Crippen molar-refractivity contribution < 1.29 is 9.84 Å². The topological polar surface area (TPSA) is 73.3 Å². The van der Waals surface area contributed by atoms with Crippen LogP contribution in [0, 0.1) is 0 Å². The van der Waals surface area contributed by atoms with Crippen LogP contribution >= 0.6 is 0 Å². The van der Waals surface area contributed by atoms with Gasteiger partial charge in [0.05, 0.1) is 12.8 Å². The fraction of sp³-hybridized carbons (Fsp3) is 0.357. The molecule has 1 aromatic carbocycles. The molecule has 102 valence electrons. The Balaban J connectivity index is 2.16. The third-order valence-electron chi connectivity index (χ3n) is 2.90. The number of nitrogens with zero attached hydrogens (tertiary/aromatic N) is 2. The molecule has 1 heterocycles. The van der Waals surface area contributed by atoms with Gasteiger partial charge in [0.25, 0.3) is 0 Å². The average molecular weight is 261 g/mol. The van der Waals surface area contributed by atoms with Crippen molar-refractivity contribution in [2.75, 3.05) is 0 Å². The second-order valence-corrected chi connectivity index (χ2v) is 4.65. The molecule has 0 radical (unpaired) electrons. The lowest BCUT2D eigenvalue weighted by Crippen LogP contribution is -2.28. The second kappa shape index (κ2) is 5.86. The summed E-state index contributed by atoms with van der Waals surface area (Å²) in [5.74, 6) is 0.725. The smallest absolute Gasteiger partial charge is 0.141 e. The van der Waals surface area contributed by atoms with E-state index in [1.54, 1.807) is 10.9 Å². The highest BCUT2D eigenvalue weighted by Crippen LogP contribution is 2.24. The summed E-state index contributed by atoms with van der Waals surface area (Å²) in [7, 11) is 1.86. The van der Waals surface area contributed by atoms with Gasteiger partial charge in [0.1, 0.15) is 11.9 Å². The van der Waals surface area contributed by atoms with Gasteiger partial charge in [-0.1, -0.05) is 12.1 Å². The van der Waals surface area contributed by atoms with Gasteiger partial charge >= 0.3 is 0 Å². The largest absolute Gasteiger partial charge is 0.484 e. The summed E-state index contributed by atoms with van der Waals surface area (Å²) in [6.07, 6.45) is 3.42. The molecule has 2 rings (SSSR count). The number of rotatable bonds is 5. The summed E-state index contributed by atoms with van der Waals surface area (Å²) in [6, 6.07) is 7.17. The monoisotopic (exact) mass is 261 g/mol. The predicted molar refractivity (Wildman–Crippen MR) is 72.6 cm³/mol. The molecule has 0 fully saturated rings. The summed E-state index contributed by atoms with van der Waals surface area (Å²) in [6.45, 7) is 1.93. The lowest BCUT2D eigenvalue weighted by atomic mass is 10.1. The molecule has 3 N–H and O–H groups in total. The zero-order valence-electron chi connectivity index (χ0n) is 11.2.